The van der Waals surface area contributed by atoms with E-state index in [0.29, 0.717) is 76.9 Å². The van der Waals surface area contributed by atoms with Crippen molar-refractivity contribution in [2.75, 3.05) is 55.4 Å². The highest BCUT2D eigenvalue weighted by atomic mass is 16.5. The topological polar surface area (TPSA) is 73.8 Å². The van der Waals surface area contributed by atoms with Crippen molar-refractivity contribution in [3.63, 3.8) is 0 Å². The van der Waals surface area contributed by atoms with Crippen LogP contribution < -0.4 is 37.9 Å². The van der Waals surface area contributed by atoms with Gasteiger partial charge in [-0.3, -0.25) is 0 Å². The average Bonchev–Trinajstić information content (AvgIpc) is 3.04. The van der Waals surface area contributed by atoms with Gasteiger partial charge in [-0.2, -0.15) is 0 Å². The van der Waals surface area contributed by atoms with Crippen LogP contribution in [-0.2, 0) is 0 Å². The summed E-state index contributed by atoms with van der Waals surface area (Å²) in [5.74, 6) is 4.22. The van der Waals surface area contributed by atoms with Crippen molar-refractivity contribution in [2.24, 2.45) is 0 Å². The first-order valence-electron chi connectivity index (χ1n) is 14.1. The van der Waals surface area contributed by atoms with E-state index >= 15 is 0 Å². The third-order valence-electron chi connectivity index (χ3n) is 6.85. The second kappa shape index (κ2) is 14.4. The van der Waals surface area contributed by atoms with E-state index in [1.807, 2.05) is 75.4 Å². The number of benzene rings is 4. The van der Waals surface area contributed by atoms with E-state index in [-0.39, 0.29) is 0 Å². The average molecular weight is 588 g/mol. The van der Waals surface area contributed by atoms with Gasteiger partial charge in [-0.05, 0) is 45.0 Å². The molecule has 0 aliphatic carbocycles. The van der Waals surface area contributed by atoms with Crippen molar-refractivity contribution in [3.05, 3.63) is 60.7 Å². The highest BCUT2D eigenvalue weighted by molar-refractivity contribution is 6.03. The quantitative estimate of drug-likeness (QED) is 0.148. The zero-order chi connectivity index (χ0) is 30.9. The van der Waals surface area contributed by atoms with Crippen LogP contribution in [0.25, 0.3) is 33.4 Å². The SMILES string of the molecule is CCOc1[c]c(-c2cccc(OC)c2OC)c(-c2ccc(OC)c(OC)c2OC)c(-c2ccccc2OCC)c1OCC. The third kappa shape index (κ3) is 5.95. The minimum atomic E-state index is 0.391. The van der Waals surface area contributed by atoms with E-state index in [1.165, 1.54) is 0 Å². The molecule has 8 nitrogen and oxygen atoms in total. The van der Waals surface area contributed by atoms with Crippen molar-refractivity contribution in [1.29, 1.82) is 0 Å². The first-order valence-corrected chi connectivity index (χ1v) is 14.1. The summed E-state index contributed by atoms with van der Waals surface area (Å²) in [6.45, 7) is 7.08. The van der Waals surface area contributed by atoms with Crippen molar-refractivity contribution in [2.45, 2.75) is 20.8 Å². The van der Waals surface area contributed by atoms with Gasteiger partial charge in [-0.25, -0.2) is 0 Å². The Morgan fingerprint density at radius 1 is 0.465 bits per heavy atom. The molecule has 0 N–H and O–H groups in total. The van der Waals surface area contributed by atoms with Crippen LogP contribution in [0.5, 0.6) is 46.0 Å². The lowest BCUT2D eigenvalue weighted by Gasteiger charge is -2.26. The summed E-state index contributed by atoms with van der Waals surface area (Å²) >= 11 is 0. The molecule has 0 heterocycles. The summed E-state index contributed by atoms with van der Waals surface area (Å²) in [6, 6.07) is 20.9. The van der Waals surface area contributed by atoms with Gasteiger partial charge in [-0.15, -0.1) is 0 Å². The summed E-state index contributed by atoms with van der Waals surface area (Å²) < 4.78 is 47.8. The lowest BCUT2D eigenvalue weighted by molar-refractivity contribution is 0.288. The molecule has 0 atom stereocenters. The molecule has 0 fully saturated rings. The number of rotatable bonds is 14. The Balaban J connectivity index is 2.33. The van der Waals surface area contributed by atoms with Crippen LogP contribution in [0.15, 0.2) is 54.6 Å². The van der Waals surface area contributed by atoms with E-state index < -0.39 is 0 Å². The third-order valence-corrected chi connectivity index (χ3v) is 6.85. The molecule has 0 saturated heterocycles. The molecule has 0 spiro atoms. The van der Waals surface area contributed by atoms with Crippen LogP contribution >= 0.6 is 0 Å². The maximum absolute atomic E-state index is 6.37. The number of hydrogen-bond donors (Lipinski definition) is 0. The molecule has 0 aromatic heterocycles. The summed E-state index contributed by atoms with van der Waals surface area (Å²) in [5, 5.41) is 0. The Kier molecular flexibility index (Phi) is 10.5. The van der Waals surface area contributed by atoms with E-state index in [9.17, 15) is 0 Å². The first kappa shape index (κ1) is 31.2. The largest absolute Gasteiger partial charge is 0.493 e. The summed E-state index contributed by atoms with van der Waals surface area (Å²) in [7, 11) is 7.99. The van der Waals surface area contributed by atoms with Crippen LogP contribution in [0.2, 0.25) is 0 Å². The minimum Gasteiger partial charge on any atom is -0.493 e. The normalized spacial score (nSPS) is 10.6. The van der Waals surface area contributed by atoms with Crippen molar-refractivity contribution in [1.82, 2.24) is 0 Å². The molecule has 43 heavy (non-hydrogen) atoms. The van der Waals surface area contributed by atoms with Crippen LogP contribution in [0, 0.1) is 6.07 Å². The van der Waals surface area contributed by atoms with Crippen molar-refractivity contribution < 1.29 is 37.9 Å². The van der Waals surface area contributed by atoms with Gasteiger partial charge in [0.25, 0.3) is 0 Å². The van der Waals surface area contributed by atoms with E-state index in [1.54, 1.807) is 35.5 Å². The smallest absolute Gasteiger partial charge is 0.203 e. The molecular formula is C35H39O8. The maximum atomic E-state index is 6.37. The Morgan fingerprint density at radius 2 is 1.07 bits per heavy atom. The van der Waals surface area contributed by atoms with Crippen LogP contribution in [-0.4, -0.2) is 55.4 Å². The molecule has 0 unspecified atom stereocenters. The minimum absolute atomic E-state index is 0.391. The zero-order valence-corrected chi connectivity index (χ0v) is 26.1. The highest BCUT2D eigenvalue weighted by Gasteiger charge is 2.31. The molecule has 0 bridgehead atoms. The molecular weight excluding hydrogens is 548 g/mol. The monoisotopic (exact) mass is 587 g/mol. The second-order valence-electron chi connectivity index (χ2n) is 9.13. The Labute approximate surface area is 254 Å². The summed E-state index contributed by atoms with van der Waals surface area (Å²) in [6.07, 6.45) is 0. The van der Waals surface area contributed by atoms with E-state index in [2.05, 4.69) is 6.07 Å². The van der Waals surface area contributed by atoms with E-state index in [4.69, 9.17) is 37.9 Å². The number of hydrogen-bond acceptors (Lipinski definition) is 8. The molecule has 4 aromatic carbocycles. The van der Waals surface area contributed by atoms with Gasteiger partial charge in [0, 0.05) is 39.4 Å². The van der Waals surface area contributed by atoms with Crippen LogP contribution in [0.4, 0.5) is 0 Å². The predicted octanol–water partition coefficient (Wildman–Crippen LogP) is 7.73. The second-order valence-corrected chi connectivity index (χ2v) is 9.13. The van der Waals surface area contributed by atoms with Gasteiger partial charge in [0.1, 0.15) is 5.75 Å². The predicted molar refractivity (Wildman–Crippen MR) is 168 cm³/mol. The lowest BCUT2D eigenvalue weighted by Crippen LogP contribution is -2.06. The lowest BCUT2D eigenvalue weighted by atomic mass is 9.85. The molecule has 8 heteroatoms. The fourth-order valence-corrected chi connectivity index (χ4v) is 5.18. The molecule has 4 rings (SSSR count). The standard InChI is InChI=1S/C35H39O8/c1-9-41-26-17-13-12-15-23(26)31-30(24-19-20-28(37-5)35(40-8)33(24)39-7)25(21-29(42-10-2)34(31)43-11-3)22-16-14-18-27(36-4)32(22)38-6/h12-20H,9-11H2,1-8H3. The zero-order valence-electron chi connectivity index (χ0n) is 26.1. The molecule has 227 valence electrons. The number of methoxy groups -OCH3 is 5. The van der Waals surface area contributed by atoms with E-state index in [0.717, 1.165) is 22.3 Å². The van der Waals surface area contributed by atoms with Crippen molar-refractivity contribution in [3.8, 4) is 79.4 Å². The first-order chi connectivity index (χ1) is 21.0. The van der Waals surface area contributed by atoms with Crippen molar-refractivity contribution >= 4 is 0 Å². The number of para-hydroxylation sites is 2. The van der Waals surface area contributed by atoms with Crippen LogP contribution in [0.3, 0.4) is 0 Å². The fraction of sp³-hybridized carbons (Fsp3) is 0.314. The molecule has 0 aliphatic rings. The molecule has 1 radical (unpaired) electrons. The Bertz CT molecular complexity index is 1550. The van der Waals surface area contributed by atoms with Gasteiger partial charge >= 0.3 is 0 Å². The van der Waals surface area contributed by atoms with Gasteiger partial charge in [0.05, 0.1) is 55.4 Å². The summed E-state index contributed by atoms with van der Waals surface area (Å²) in [4.78, 5) is 0. The maximum Gasteiger partial charge on any atom is 0.203 e. The molecule has 0 amide bonds. The Hall–Kier alpha value is -4.72. The van der Waals surface area contributed by atoms with Gasteiger partial charge in [0.15, 0.2) is 34.5 Å². The summed E-state index contributed by atoms with van der Waals surface area (Å²) in [5.41, 5.74) is 4.39. The highest BCUT2D eigenvalue weighted by Crippen LogP contribution is 2.57. The Morgan fingerprint density at radius 3 is 1.70 bits per heavy atom. The molecule has 0 aliphatic heterocycles. The van der Waals surface area contributed by atoms with Gasteiger partial charge in [0.2, 0.25) is 5.75 Å². The fourth-order valence-electron chi connectivity index (χ4n) is 5.18. The number of ether oxygens (including phenoxy) is 8. The molecule has 4 aromatic rings. The van der Waals surface area contributed by atoms with Gasteiger partial charge < -0.3 is 37.9 Å². The van der Waals surface area contributed by atoms with Gasteiger partial charge in [-0.1, -0.05) is 30.3 Å². The molecule has 0 saturated carbocycles. The van der Waals surface area contributed by atoms with Crippen LogP contribution in [0.1, 0.15) is 20.8 Å².